The molecule has 0 unspecified atom stereocenters. The van der Waals surface area contributed by atoms with Crippen molar-refractivity contribution < 1.29 is 4.74 Å². The highest BCUT2D eigenvalue weighted by Crippen LogP contribution is 2.30. The van der Waals surface area contributed by atoms with Crippen LogP contribution < -0.4 is 11.1 Å². The largest absolute Gasteiger partial charge is 0.382 e. The maximum Gasteiger partial charge on any atom is 0.188 e. The van der Waals surface area contributed by atoms with E-state index < -0.39 is 0 Å². The molecule has 4 nitrogen and oxygen atoms in total. The third-order valence-corrected chi connectivity index (χ3v) is 3.81. The molecule has 0 amide bonds. The van der Waals surface area contributed by atoms with Crippen LogP contribution in [0.5, 0.6) is 0 Å². The number of nitrogens with two attached hydrogens (primary N) is 1. The van der Waals surface area contributed by atoms with Gasteiger partial charge in [-0.25, -0.2) is 0 Å². The van der Waals surface area contributed by atoms with Crippen molar-refractivity contribution in [2.75, 3.05) is 26.3 Å². The Morgan fingerprint density at radius 3 is 2.28 bits per heavy atom. The summed E-state index contributed by atoms with van der Waals surface area (Å²) in [7, 11) is 0. The minimum atomic E-state index is 0.317. The lowest BCUT2D eigenvalue weighted by molar-refractivity contribution is 0.145. The van der Waals surface area contributed by atoms with E-state index in [0.29, 0.717) is 11.4 Å². The first-order valence-corrected chi connectivity index (χ1v) is 7.25. The summed E-state index contributed by atoms with van der Waals surface area (Å²) in [5.74, 6) is 0.561. The van der Waals surface area contributed by atoms with Crippen molar-refractivity contribution in [3.8, 4) is 0 Å². The first kappa shape index (κ1) is 17.2. The smallest absolute Gasteiger partial charge is 0.188 e. The van der Waals surface area contributed by atoms with E-state index in [-0.39, 0.29) is 0 Å². The summed E-state index contributed by atoms with van der Waals surface area (Å²) < 4.78 is 5.26. The molecule has 0 spiro atoms. The van der Waals surface area contributed by atoms with Crippen LogP contribution in [0.2, 0.25) is 0 Å². The second kappa shape index (κ2) is 10.2. The molecular weight excluding hydrogens is 226 g/mol. The Labute approximate surface area is 112 Å². The standard InChI is InChI=1S/C14H31N3O/c1-5-14(6-2,7-3)12-17-13(15)16-10-9-11-18-8-4/h5-12H2,1-4H3,(H3,15,16,17). The van der Waals surface area contributed by atoms with E-state index in [1.807, 2.05) is 6.92 Å². The summed E-state index contributed by atoms with van der Waals surface area (Å²) in [5.41, 5.74) is 6.17. The first-order chi connectivity index (χ1) is 8.64. The van der Waals surface area contributed by atoms with Crippen LogP contribution in [0.4, 0.5) is 0 Å². The minimum absolute atomic E-state index is 0.317. The zero-order valence-corrected chi connectivity index (χ0v) is 12.6. The predicted octanol–water partition coefficient (Wildman–Crippen LogP) is 2.53. The van der Waals surface area contributed by atoms with Gasteiger partial charge < -0.3 is 15.8 Å². The van der Waals surface area contributed by atoms with Gasteiger partial charge in [0, 0.05) is 26.3 Å². The molecule has 18 heavy (non-hydrogen) atoms. The molecule has 0 saturated heterocycles. The Bertz CT molecular complexity index is 217. The lowest BCUT2D eigenvalue weighted by Gasteiger charge is -2.28. The molecule has 0 rings (SSSR count). The fraction of sp³-hybridized carbons (Fsp3) is 0.929. The van der Waals surface area contributed by atoms with Gasteiger partial charge in [-0.1, -0.05) is 20.8 Å². The molecule has 0 fully saturated rings. The maximum absolute atomic E-state index is 5.86. The van der Waals surface area contributed by atoms with Gasteiger partial charge in [-0.05, 0) is 38.0 Å². The Hall–Kier alpha value is -0.770. The highest BCUT2D eigenvalue weighted by molar-refractivity contribution is 5.77. The fourth-order valence-electron chi connectivity index (χ4n) is 1.93. The SMILES string of the molecule is CCOCCCNC(N)=NCC(CC)(CC)CC. The average molecular weight is 257 g/mol. The van der Waals surface area contributed by atoms with Crippen LogP contribution in [-0.4, -0.2) is 32.3 Å². The van der Waals surface area contributed by atoms with E-state index in [1.165, 1.54) is 0 Å². The van der Waals surface area contributed by atoms with Crippen molar-refractivity contribution in [1.82, 2.24) is 5.32 Å². The number of ether oxygens (including phenoxy) is 1. The van der Waals surface area contributed by atoms with Gasteiger partial charge >= 0.3 is 0 Å². The highest BCUT2D eigenvalue weighted by Gasteiger charge is 2.23. The van der Waals surface area contributed by atoms with Crippen LogP contribution >= 0.6 is 0 Å². The van der Waals surface area contributed by atoms with Crippen molar-refractivity contribution in [2.24, 2.45) is 16.1 Å². The number of aliphatic imine (C=N–C) groups is 1. The molecule has 0 radical (unpaired) electrons. The van der Waals surface area contributed by atoms with Crippen molar-refractivity contribution in [1.29, 1.82) is 0 Å². The normalized spacial score (nSPS) is 12.8. The Morgan fingerprint density at radius 2 is 1.78 bits per heavy atom. The van der Waals surface area contributed by atoms with E-state index >= 15 is 0 Å². The monoisotopic (exact) mass is 257 g/mol. The van der Waals surface area contributed by atoms with Crippen LogP contribution in [0.25, 0.3) is 0 Å². The molecule has 0 aliphatic carbocycles. The van der Waals surface area contributed by atoms with Crippen LogP contribution in [0.3, 0.4) is 0 Å². The van der Waals surface area contributed by atoms with Gasteiger partial charge in [0.1, 0.15) is 0 Å². The lowest BCUT2D eigenvalue weighted by Crippen LogP contribution is -2.34. The third-order valence-electron chi connectivity index (χ3n) is 3.81. The van der Waals surface area contributed by atoms with Gasteiger partial charge in [0.2, 0.25) is 0 Å². The molecule has 0 aromatic carbocycles. The number of rotatable bonds is 10. The fourth-order valence-corrected chi connectivity index (χ4v) is 1.93. The summed E-state index contributed by atoms with van der Waals surface area (Å²) in [5, 5.41) is 3.13. The van der Waals surface area contributed by atoms with Crippen molar-refractivity contribution in [2.45, 2.75) is 53.4 Å². The number of guanidine groups is 1. The van der Waals surface area contributed by atoms with Gasteiger partial charge in [-0.3, -0.25) is 4.99 Å². The molecule has 0 heterocycles. The molecule has 0 aliphatic rings. The van der Waals surface area contributed by atoms with Gasteiger partial charge in [-0.15, -0.1) is 0 Å². The van der Waals surface area contributed by atoms with Crippen LogP contribution in [-0.2, 0) is 4.74 Å². The van der Waals surface area contributed by atoms with Crippen LogP contribution in [0.15, 0.2) is 4.99 Å². The average Bonchev–Trinajstić information content (AvgIpc) is 2.41. The maximum atomic E-state index is 5.86. The molecule has 3 N–H and O–H groups in total. The van der Waals surface area contributed by atoms with Crippen molar-refractivity contribution >= 4 is 5.96 Å². The zero-order valence-electron chi connectivity index (χ0n) is 12.6. The highest BCUT2D eigenvalue weighted by atomic mass is 16.5. The van der Waals surface area contributed by atoms with E-state index in [1.54, 1.807) is 0 Å². The van der Waals surface area contributed by atoms with Crippen molar-refractivity contribution in [3.63, 3.8) is 0 Å². The second-order valence-electron chi connectivity index (χ2n) is 4.74. The Morgan fingerprint density at radius 1 is 1.17 bits per heavy atom. The van der Waals surface area contributed by atoms with Gasteiger partial charge in [0.25, 0.3) is 0 Å². The summed E-state index contributed by atoms with van der Waals surface area (Å²) in [6.07, 6.45) is 4.42. The van der Waals surface area contributed by atoms with E-state index in [2.05, 4.69) is 31.1 Å². The molecule has 0 aromatic heterocycles. The van der Waals surface area contributed by atoms with E-state index in [4.69, 9.17) is 10.5 Å². The molecule has 4 heteroatoms. The summed E-state index contributed by atoms with van der Waals surface area (Å²) >= 11 is 0. The number of hydrogen-bond acceptors (Lipinski definition) is 2. The second-order valence-corrected chi connectivity index (χ2v) is 4.74. The Balaban J connectivity index is 3.94. The molecule has 0 aromatic rings. The third kappa shape index (κ3) is 6.84. The molecule has 0 bridgehead atoms. The first-order valence-electron chi connectivity index (χ1n) is 7.25. The Kier molecular flexibility index (Phi) is 9.74. The van der Waals surface area contributed by atoms with Gasteiger partial charge in [-0.2, -0.15) is 0 Å². The van der Waals surface area contributed by atoms with E-state index in [0.717, 1.165) is 52.0 Å². The topological polar surface area (TPSA) is 59.6 Å². The molecular formula is C14H31N3O. The minimum Gasteiger partial charge on any atom is -0.382 e. The van der Waals surface area contributed by atoms with Crippen LogP contribution in [0, 0.1) is 5.41 Å². The van der Waals surface area contributed by atoms with Gasteiger partial charge in [0.15, 0.2) is 5.96 Å². The summed E-state index contributed by atoms with van der Waals surface area (Å²) in [4.78, 5) is 4.47. The quantitative estimate of drug-likeness (QED) is 0.359. The van der Waals surface area contributed by atoms with Crippen molar-refractivity contribution in [3.05, 3.63) is 0 Å². The number of nitrogens with one attached hydrogen (secondary N) is 1. The molecule has 0 saturated carbocycles. The molecule has 0 aliphatic heterocycles. The van der Waals surface area contributed by atoms with Crippen LogP contribution in [0.1, 0.15) is 53.4 Å². The molecule has 108 valence electrons. The summed E-state index contributed by atoms with van der Waals surface area (Å²) in [6.45, 7) is 11.9. The summed E-state index contributed by atoms with van der Waals surface area (Å²) in [6, 6.07) is 0. The number of nitrogens with zero attached hydrogens (tertiary/aromatic N) is 1. The lowest BCUT2D eigenvalue weighted by atomic mass is 9.80. The molecule has 0 atom stereocenters. The predicted molar refractivity (Wildman–Crippen MR) is 78.9 cm³/mol. The van der Waals surface area contributed by atoms with Gasteiger partial charge in [0.05, 0.1) is 0 Å². The number of hydrogen-bond donors (Lipinski definition) is 2. The zero-order chi connectivity index (χ0) is 13.9. The van der Waals surface area contributed by atoms with E-state index in [9.17, 15) is 0 Å².